The van der Waals surface area contributed by atoms with E-state index >= 15 is 0 Å². The van der Waals surface area contributed by atoms with Gasteiger partial charge in [-0.1, -0.05) is 29.3 Å². The monoisotopic (exact) mass is 526 g/mol. The molecule has 0 unspecified atom stereocenters. The normalized spacial score (nSPS) is 15.6. The summed E-state index contributed by atoms with van der Waals surface area (Å²) in [5.41, 5.74) is 0.425. The van der Waals surface area contributed by atoms with Gasteiger partial charge in [0.05, 0.1) is 26.8 Å². The lowest BCUT2D eigenvalue weighted by molar-refractivity contribution is -0.142. The van der Waals surface area contributed by atoms with E-state index in [2.05, 4.69) is 25.9 Å². The summed E-state index contributed by atoms with van der Waals surface area (Å²) in [5.74, 6) is -0.0937. The Morgan fingerprint density at radius 1 is 1.17 bits per heavy atom. The molecule has 5 nitrogen and oxygen atoms in total. The van der Waals surface area contributed by atoms with Gasteiger partial charge in [0.15, 0.2) is 5.69 Å². The second kappa shape index (κ2) is 9.46. The number of hydrogen-bond acceptors (Lipinski definition) is 3. The van der Waals surface area contributed by atoms with Gasteiger partial charge in [0.25, 0.3) is 0 Å². The molecule has 0 saturated carbocycles. The summed E-state index contributed by atoms with van der Waals surface area (Å²) >= 11 is 14.9. The van der Waals surface area contributed by atoms with Crippen molar-refractivity contribution in [1.82, 2.24) is 19.6 Å². The van der Waals surface area contributed by atoms with Crippen LogP contribution in [0.3, 0.4) is 0 Å². The third kappa shape index (κ3) is 5.49. The maximum atomic E-state index is 13.0. The first kappa shape index (κ1) is 23.4. The largest absolute Gasteiger partial charge is 0.436 e. The van der Waals surface area contributed by atoms with Gasteiger partial charge in [-0.2, -0.15) is 18.3 Å². The summed E-state index contributed by atoms with van der Waals surface area (Å²) in [6.45, 7) is 4.89. The van der Waals surface area contributed by atoms with E-state index in [1.807, 2.05) is 12.1 Å². The van der Waals surface area contributed by atoms with Crippen LogP contribution in [0.15, 0.2) is 22.7 Å². The number of hydrogen-bond donors (Lipinski definition) is 0. The Morgan fingerprint density at radius 3 is 2.40 bits per heavy atom. The maximum Gasteiger partial charge on any atom is 0.436 e. The van der Waals surface area contributed by atoms with Crippen LogP contribution in [0.1, 0.15) is 23.4 Å². The van der Waals surface area contributed by atoms with Crippen molar-refractivity contribution >= 4 is 45.0 Å². The van der Waals surface area contributed by atoms with E-state index in [9.17, 15) is 18.0 Å². The van der Waals surface area contributed by atoms with Crippen molar-refractivity contribution in [3.63, 3.8) is 0 Å². The van der Waals surface area contributed by atoms with E-state index in [0.29, 0.717) is 48.5 Å². The molecule has 1 aliphatic rings. The lowest BCUT2D eigenvalue weighted by Crippen LogP contribution is -2.48. The summed E-state index contributed by atoms with van der Waals surface area (Å²) in [5, 5.41) is 4.64. The van der Waals surface area contributed by atoms with Crippen molar-refractivity contribution in [2.75, 3.05) is 26.2 Å². The average molecular weight is 528 g/mol. The van der Waals surface area contributed by atoms with Gasteiger partial charge in [-0.05, 0) is 40.5 Å². The lowest BCUT2D eigenvalue weighted by atomic mass is 10.2. The summed E-state index contributed by atoms with van der Waals surface area (Å²) in [6, 6.07) is 5.52. The Bertz CT molecular complexity index is 927. The van der Waals surface area contributed by atoms with Crippen molar-refractivity contribution in [3.05, 3.63) is 49.7 Å². The third-order valence-corrected chi connectivity index (χ3v) is 6.74. The third-order valence-electron chi connectivity index (χ3n) is 5.05. The molecule has 2 aromatic rings. The summed E-state index contributed by atoms with van der Waals surface area (Å²) < 4.78 is 40.0. The second-order valence-electron chi connectivity index (χ2n) is 7.12. The van der Waals surface area contributed by atoms with Gasteiger partial charge in [0.2, 0.25) is 5.91 Å². The Labute approximate surface area is 190 Å². The molecule has 0 N–H and O–H groups in total. The molecule has 0 spiro atoms. The topological polar surface area (TPSA) is 41.4 Å². The Balaban J connectivity index is 1.50. The van der Waals surface area contributed by atoms with Gasteiger partial charge in [0, 0.05) is 39.1 Å². The van der Waals surface area contributed by atoms with E-state index in [-0.39, 0.29) is 23.3 Å². The first-order valence-corrected chi connectivity index (χ1v) is 10.9. The Morgan fingerprint density at radius 2 is 1.83 bits per heavy atom. The molecule has 30 heavy (non-hydrogen) atoms. The van der Waals surface area contributed by atoms with Gasteiger partial charge in [-0.15, -0.1) is 0 Å². The first-order valence-electron chi connectivity index (χ1n) is 9.30. The Hall–Kier alpha value is -1.29. The number of carbonyl (C=O) groups is 1. The zero-order valence-corrected chi connectivity index (χ0v) is 19.2. The van der Waals surface area contributed by atoms with Crippen molar-refractivity contribution < 1.29 is 18.0 Å². The number of halogens is 6. The number of alkyl halides is 3. The molecule has 1 fully saturated rings. The molecule has 3 rings (SSSR count). The zero-order chi connectivity index (χ0) is 22.1. The molecule has 0 bridgehead atoms. The van der Waals surface area contributed by atoms with Crippen LogP contribution < -0.4 is 0 Å². The van der Waals surface area contributed by atoms with E-state index in [1.165, 1.54) is 4.68 Å². The van der Waals surface area contributed by atoms with Crippen LogP contribution >= 0.6 is 39.1 Å². The molecule has 1 saturated heterocycles. The number of rotatable bonds is 5. The summed E-state index contributed by atoms with van der Waals surface area (Å²) in [6.07, 6.45) is -4.44. The molecule has 1 amide bonds. The number of piperazine rings is 1. The number of aryl methyl sites for hydroxylation is 1. The summed E-state index contributed by atoms with van der Waals surface area (Å²) in [7, 11) is 0. The van der Waals surface area contributed by atoms with Gasteiger partial charge >= 0.3 is 6.18 Å². The molecule has 1 aromatic carbocycles. The van der Waals surface area contributed by atoms with Gasteiger partial charge < -0.3 is 4.90 Å². The standard InChI is InChI=1S/C19H20BrCl2F3N4O/c1-12-17(20)18(19(23,24)25)26-29(12)5-4-16(30)28-8-6-27(7-9-28)11-13-2-3-14(21)15(22)10-13/h2-3,10H,4-9,11H2,1H3. The average Bonchev–Trinajstić information content (AvgIpc) is 2.98. The number of amides is 1. The smallest absolute Gasteiger partial charge is 0.340 e. The quantitative estimate of drug-likeness (QED) is 0.548. The van der Waals surface area contributed by atoms with Gasteiger partial charge in [0.1, 0.15) is 0 Å². The van der Waals surface area contributed by atoms with Crippen molar-refractivity contribution in [1.29, 1.82) is 0 Å². The summed E-state index contributed by atoms with van der Waals surface area (Å²) in [4.78, 5) is 16.5. The maximum absolute atomic E-state index is 13.0. The van der Waals surface area contributed by atoms with Crippen LogP contribution in [-0.4, -0.2) is 51.7 Å². The molecule has 0 radical (unpaired) electrons. The van der Waals surface area contributed by atoms with Crippen LogP contribution in [0.25, 0.3) is 0 Å². The van der Waals surface area contributed by atoms with E-state index in [4.69, 9.17) is 23.2 Å². The fraction of sp³-hybridized carbons (Fsp3) is 0.474. The van der Waals surface area contributed by atoms with E-state index in [0.717, 1.165) is 5.56 Å². The molecule has 1 aliphatic heterocycles. The van der Waals surface area contributed by atoms with E-state index < -0.39 is 11.9 Å². The molecule has 0 aliphatic carbocycles. The molecule has 0 atom stereocenters. The lowest BCUT2D eigenvalue weighted by Gasteiger charge is -2.35. The molecular weight excluding hydrogens is 508 g/mol. The van der Waals surface area contributed by atoms with Gasteiger partial charge in [-0.3, -0.25) is 14.4 Å². The van der Waals surface area contributed by atoms with Crippen LogP contribution in [0, 0.1) is 6.92 Å². The zero-order valence-electron chi connectivity index (χ0n) is 16.1. The minimum absolute atomic E-state index is 0.0848. The number of aromatic nitrogens is 2. The molecule has 2 heterocycles. The van der Waals surface area contributed by atoms with Crippen LogP contribution in [0.4, 0.5) is 13.2 Å². The van der Waals surface area contributed by atoms with Crippen molar-refractivity contribution in [2.24, 2.45) is 0 Å². The predicted molar refractivity (Wildman–Crippen MR) is 113 cm³/mol. The first-order chi connectivity index (χ1) is 14.1. The highest BCUT2D eigenvalue weighted by molar-refractivity contribution is 9.10. The minimum atomic E-state index is -4.54. The van der Waals surface area contributed by atoms with Crippen LogP contribution in [-0.2, 0) is 24.1 Å². The van der Waals surface area contributed by atoms with Crippen LogP contribution in [0.2, 0.25) is 10.0 Å². The number of carbonyl (C=O) groups excluding carboxylic acids is 1. The van der Waals surface area contributed by atoms with Crippen molar-refractivity contribution in [3.8, 4) is 0 Å². The fourth-order valence-corrected chi connectivity index (χ4v) is 4.16. The molecular formula is C19H20BrCl2F3N4O. The molecule has 1 aromatic heterocycles. The van der Waals surface area contributed by atoms with Crippen LogP contribution in [0.5, 0.6) is 0 Å². The number of nitrogens with zero attached hydrogens (tertiary/aromatic N) is 4. The minimum Gasteiger partial charge on any atom is -0.340 e. The highest BCUT2D eigenvalue weighted by atomic mass is 79.9. The highest BCUT2D eigenvalue weighted by Gasteiger charge is 2.38. The molecule has 164 valence electrons. The predicted octanol–water partition coefficient (Wildman–Crippen LogP) is 5.01. The van der Waals surface area contributed by atoms with Gasteiger partial charge in [-0.25, -0.2) is 0 Å². The number of benzene rings is 1. The second-order valence-corrected chi connectivity index (χ2v) is 8.73. The SMILES string of the molecule is Cc1c(Br)c(C(F)(F)F)nn1CCC(=O)N1CCN(Cc2ccc(Cl)c(Cl)c2)CC1. The molecule has 11 heteroatoms. The Kier molecular flexibility index (Phi) is 7.37. The highest BCUT2D eigenvalue weighted by Crippen LogP contribution is 2.35. The fourth-order valence-electron chi connectivity index (χ4n) is 3.33. The van der Waals surface area contributed by atoms with Crippen molar-refractivity contribution in [2.45, 2.75) is 32.6 Å². The van der Waals surface area contributed by atoms with E-state index in [1.54, 1.807) is 17.9 Å².